The molecule has 2 aliphatic carbocycles. The van der Waals surface area contributed by atoms with Crippen molar-refractivity contribution in [2.24, 2.45) is 17.3 Å². The lowest BCUT2D eigenvalue weighted by molar-refractivity contribution is 0.103. The quantitative estimate of drug-likeness (QED) is 0.633. The van der Waals surface area contributed by atoms with Crippen molar-refractivity contribution in [3.63, 3.8) is 0 Å². The van der Waals surface area contributed by atoms with E-state index in [1.54, 1.807) is 0 Å². The Morgan fingerprint density at radius 3 is 2.00 bits per heavy atom. The molecule has 0 bridgehead atoms. The summed E-state index contributed by atoms with van der Waals surface area (Å²) in [5.41, 5.74) is 0.665. The molecule has 0 aromatic rings. The van der Waals surface area contributed by atoms with Gasteiger partial charge >= 0.3 is 0 Å². The van der Waals surface area contributed by atoms with Gasteiger partial charge in [0, 0.05) is 5.33 Å². The molecule has 0 aromatic heterocycles. The van der Waals surface area contributed by atoms with Gasteiger partial charge in [-0.05, 0) is 42.9 Å². The standard InChI is InChI=1S/C10H17Br/c1-10(7-11,9-5-6-9)8-3-2-4-8/h8-9H,2-7H2,1H3. The summed E-state index contributed by atoms with van der Waals surface area (Å²) >= 11 is 3.69. The maximum Gasteiger partial charge on any atom is 0.00906 e. The van der Waals surface area contributed by atoms with Crippen LogP contribution in [0.5, 0.6) is 0 Å². The Morgan fingerprint density at radius 2 is 1.73 bits per heavy atom. The summed E-state index contributed by atoms with van der Waals surface area (Å²) < 4.78 is 0. The Bertz CT molecular complexity index is 147. The maximum atomic E-state index is 3.69. The van der Waals surface area contributed by atoms with E-state index in [0.717, 1.165) is 11.8 Å². The molecule has 11 heavy (non-hydrogen) atoms. The van der Waals surface area contributed by atoms with Crippen molar-refractivity contribution in [1.82, 2.24) is 0 Å². The normalized spacial score (nSPS) is 31.1. The monoisotopic (exact) mass is 216 g/mol. The molecule has 64 valence electrons. The third-order valence-electron chi connectivity index (χ3n) is 3.84. The molecule has 0 heterocycles. The first kappa shape index (κ1) is 8.10. The van der Waals surface area contributed by atoms with Crippen molar-refractivity contribution >= 4 is 15.9 Å². The lowest BCUT2D eigenvalue weighted by Gasteiger charge is -2.42. The van der Waals surface area contributed by atoms with Crippen molar-refractivity contribution in [2.45, 2.75) is 39.0 Å². The summed E-state index contributed by atoms with van der Waals surface area (Å²) in [6.07, 6.45) is 7.48. The summed E-state index contributed by atoms with van der Waals surface area (Å²) in [5.74, 6) is 2.11. The Morgan fingerprint density at radius 1 is 1.18 bits per heavy atom. The van der Waals surface area contributed by atoms with Gasteiger partial charge in [0.15, 0.2) is 0 Å². The number of hydrogen-bond donors (Lipinski definition) is 0. The van der Waals surface area contributed by atoms with Crippen LogP contribution in [0.25, 0.3) is 0 Å². The van der Waals surface area contributed by atoms with Crippen molar-refractivity contribution in [1.29, 1.82) is 0 Å². The fourth-order valence-electron chi connectivity index (χ4n) is 2.36. The highest BCUT2D eigenvalue weighted by atomic mass is 79.9. The van der Waals surface area contributed by atoms with E-state index in [2.05, 4.69) is 22.9 Å². The summed E-state index contributed by atoms with van der Waals surface area (Å²) in [6.45, 7) is 2.49. The lowest BCUT2D eigenvalue weighted by Crippen LogP contribution is -2.35. The zero-order valence-corrected chi connectivity index (χ0v) is 8.86. The van der Waals surface area contributed by atoms with E-state index in [-0.39, 0.29) is 0 Å². The van der Waals surface area contributed by atoms with Crippen molar-refractivity contribution in [3.8, 4) is 0 Å². The molecule has 0 spiro atoms. The highest BCUT2D eigenvalue weighted by Gasteiger charge is 2.47. The van der Waals surface area contributed by atoms with Gasteiger partial charge in [0.25, 0.3) is 0 Å². The molecule has 2 fully saturated rings. The molecule has 0 saturated heterocycles. The summed E-state index contributed by atoms with van der Waals surface area (Å²) in [5, 5.41) is 1.23. The van der Waals surface area contributed by atoms with Crippen molar-refractivity contribution in [3.05, 3.63) is 0 Å². The van der Waals surface area contributed by atoms with E-state index < -0.39 is 0 Å². The average Bonchev–Trinajstić information content (AvgIpc) is 2.63. The minimum absolute atomic E-state index is 0.665. The van der Waals surface area contributed by atoms with Crippen LogP contribution in [0, 0.1) is 17.3 Å². The fraction of sp³-hybridized carbons (Fsp3) is 1.00. The van der Waals surface area contributed by atoms with E-state index in [4.69, 9.17) is 0 Å². The molecule has 0 aromatic carbocycles. The third kappa shape index (κ3) is 1.26. The molecule has 0 amide bonds. The molecule has 2 saturated carbocycles. The van der Waals surface area contributed by atoms with Gasteiger partial charge in [-0.3, -0.25) is 0 Å². The SMILES string of the molecule is CC(CBr)(C1CCC1)C1CC1. The van der Waals surface area contributed by atoms with E-state index in [1.165, 1.54) is 37.4 Å². The molecule has 0 aliphatic heterocycles. The Labute approximate surface area is 77.9 Å². The van der Waals surface area contributed by atoms with Crippen LogP contribution in [0.4, 0.5) is 0 Å². The second kappa shape index (κ2) is 2.76. The summed E-state index contributed by atoms with van der Waals surface area (Å²) in [4.78, 5) is 0. The van der Waals surface area contributed by atoms with Crippen LogP contribution in [-0.2, 0) is 0 Å². The van der Waals surface area contributed by atoms with Crippen LogP contribution in [0.15, 0.2) is 0 Å². The number of halogens is 1. The predicted molar refractivity (Wildman–Crippen MR) is 52.0 cm³/mol. The van der Waals surface area contributed by atoms with Gasteiger partial charge in [0.05, 0.1) is 0 Å². The van der Waals surface area contributed by atoms with Gasteiger partial charge in [-0.25, -0.2) is 0 Å². The van der Waals surface area contributed by atoms with Crippen LogP contribution in [0.1, 0.15) is 39.0 Å². The molecule has 1 unspecified atom stereocenters. The zero-order chi connectivity index (χ0) is 7.90. The maximum absolute atomic E-state index is 3.69. The number of rotatable bonds is 3. The molecule has 1 atom stereocenters. The Balaban J connectivity index is 2.01. The summed E-state index contributed by atoms with van der Waals surface area (Å²) in [6, 6.07) is 0. The number of alkyl halides is 1. The van der Waals surface area contributed by atoms with Crippen molar-refractivity contribution < 1.29 is 0 Å². The van der Waals surface area contributed by atoms with E-state index in [9.17, 15) is 0 Å². The van der Waals surface area contributed by atoms with Crippen molar-refractivity contribution in [2.75, 3.05) is 5.33 Å². The minimum Gasteiger partial charge on any atom is -0.0922 e. The second-order valence-corrected chi connectivity index (χ2v) is 5.10. The first-order valence-corrected chi connectivity index (χ1v) is 5.95. The fourth-order valence-corrected chi connectivity index (χ4v) is 3.28. The molecular weight excluding hydrogens is 200 g/mol. The van der Waals surface area contributed by atoms with Gasteiger partial charge < -0.3 is 0 Å². The molecule has 0 N–H and O–H groups in total. The smallest absolute Gasteiger partial charge is 0.00906 e. The van der Waals surface area contributed by atoms with Gasteiger partial charge in [-0.2, -0.15) is 0 Å². The Hall–Kier alpha value is 0.480. The van der Waals surface area contributed by atoms with Gasteiger partial charge in [0.1, 0.15) is 0 Å². The second-order valence-electron chi connectivity index (χ2n) is 4.54. The van der Waals surface area contributed by atoms with Crippen LogP contribution in [0.2, 0.25) is 0 Å². The molecule has 1 heteroatoms. The largest absolute Gasteiger partial charge is 0.0922 e. The van der Waals surface area contributed by atoms with Gasteiger partial charge in [-0.15, -0.1) is 0 Å². The molecule has 2 rings (SSSR count). The highest BCUT2D eigenvalue weighted by molar-refractivity contribution is 9.09. The average molecular weight is 217 g/mol. The van der Waals surface area contributed by atoms with Crippen LogP contribution in [-0.4, -0.2) is 5.33 Å². The lowest BCUT2D eigenvalue weighted by atomic mass is 9.65. The van der Waals surface area contributed by atoms with Crippen LogP contribution < -0.4 is 0 Å². The first-order chi connectivity index (χ1) is 5.27. The van der Waals surface area contributed by atoms with E-state index >= 15 is 0 Å². The minimum atomic E-state index is 0.665. The van der Waals surface area contributed by atoms with Gasteiger partial charge in [-0.1, -0.05) is 29.3 Å². The third-order valence-corrected chi connectivity index (χ3v) is 5.04. The Kier molecular flexibility index (Phi) is 2.03. The highest BCUT2D eigenvalue weighted by Crippen LogP contribution is 2.56. The van der Waals surface area contributed by atoms with E-state index in [0.29, 0.717) is 5.41 Å². The number of hydrogen-bond acceptors (Lipinski definition) is 0. The molecular formula is C10H17Br. The molecule has 0 radical (unpaired) electrons. The predicted octanol–water partition coefficient (Wildman–Crippen LogP) is 3.60. The molecule has 2 aliphatic rings. The zero-order valence-electron chi connectivity index (χ0n) is 7.28. The van der Waals surface area contributed by atoms with Crippen LogP contribution >= 0.6 is 15.9 Å². The topological polar surface area (TPSA) is 0 Å². The summed E-state index contributed by atoms with van der Waals surface area (Å²) in [7, 11) is 0. The van der Waals surface area contributed by atoms with Crippen LogP contribution in [0.3, 0.4) is 0 Å². The van der Waals surface area contributed by atoms with Gasteiger partial charge in [0.2, 0.25) is 0 Å². The first-order valence-electron chi connectivity index (χ1n) is 4.83. The van der Waals surface area contributed by atoms with E-state index in [1.807, 2.05) is 0 Å². The molecule has 0 nitrogen and oxygen atoms in total.